The normalized spacial score (nSPS) is 12.2. The predicted molar refractivity (Wildman–Crippen MR) is 71.1 cm³/mol. The van der Waals surface area contributed by atoms with Gasteiger partial charge in [0, 0.05) is 0 Å². The number of carboxylic acids is 1. The van der Waals surface area contributed by atoms with Crippen molar-refractivity contribution in [2.75, 3.05) is 0 Å². The van der Waals surface area contributed by atoms with Gasteiger partial charge in [0.05, 0.1) is 0 Å². The highest BCUT2D eigenvalue weighted by molar-refractivity contribution is 5.73. The fraction of sp³-hybridized carbons (Fsp3) is 0.133. The lowest BCUT2D eigenvalue weighted by atomic mass is 9.99. The Balaban J connectivity index is 2.29. The van der Waals surface area contributed by atoms with Crippen LogP contribution in [0.25, 0.3) is 11.1 Å². The van der Waals surface area contributed by atoms with Crippen molar-refractivity contribution in [3.63, 3.8) is 0 Å². The van der Waals surface area contributed by atoms with Crippen LogP contribution in [0.4, 0.5) is 8.78 Å². The average molecular weight is 277 g/mol. The summed E-state index contributed by atoms with van der Waals surface area (Å²) in [5, 5.41) is 8.78. The molecule has 0 aromatic heterocycles. The van der Waals surface area contributed by atoms with Gasteiger partial charge in [-0.05, 0) is 35.2 Å². The first-order valence-corrected chi connectivity index (χ1v) is 6.00. The highest BCUT2D eigenvalue weighted by Crippen LogP contribution is 2.23. The Kier molecular flexibility index (Phi) is 4.10. The summed E-state index contributed by atoms with van der Waals surface area (Å²) in [5.41, 5.74) is 7.40. The van der Waals surface area contributed by atoms with Crippen molar-refractivity contribution in [3.8, 4) is 11.1 Å². The van der Waals surface area contributed by atoms with Gasteiger partial charge in [0.2, 0.25) is 0 Å². The zero-order chi connectivity index (χ0) is 14.7. The number of halogens is 2. The number of benzene rings is 2. The standard InChI is InChI=1S/C15H13F2NO2/c16-12-5-4-11(8-13(12)17)10-3-1-2-9(6-10)7-14(18)15(19)20/h1-6,8,14H,7,18H2,(H,19,20)/t14-/m0/s1. The van der Waals surface area contributed by atoms with Gasteiger partial charge in [0.15, 0.2) is 11.6 Å². The van der Waals surface area contributed by atoms with E-state index < -0.39 is 23.6 Å². The summed E-state index contributed by atoms with van der Waals surface area (Å²) in [6.45, 7) is 0. The van der Waals surface area contributed by atoms with Crippen molar-refractivity contribution >= 4 is 5.97 Å². The van der Waals surface area contributed by atoms with E-state index in [1.165, 1.54) is 6.07 Å². The van der Waals surface area contributed by atoms with Crippen molar-refractivity contribution in [2.45, 2.75) is 12.5 Å². The molecule has 2 aromatic carbocycles. The molecule has 0 amide bonds. The van der Waals surface area contributed by atoms with Crippen molar-refractivity contribution in [3.05, 3.63) is 59.7 Å². The number of carboxylic acid groups (broad SMARTS) is 1. The molecule has 0 spiro atoms. The lowest BCUT2D eigenvalue weighted by Crippen LogP contribution is -2.32. The molecule has 0 aliphatic rings. The number of rotatable bonds is 4. The molecule has 0 saturated carbocycles. The smallest absolute Gasteiger partial charge is 0.320 e. The number of nitrogens with two attached hydrogens (primary N) is 1. The van der Waals surface area contributed by atoms with Crippen molar-refractivity contribution < 1.29 is 18.7 Å². The Morgan fingerprint density at radius 1 is 1.10 bits per heavy atom. The van der Waals surface area contributed by atoms with Crippen LogP contribution in [-0.4, -0.2) is 17.1 Å². The van der Waals surface area contributed by atoms with Crippen LogP contribution < -0.4 is 5.73 Å². The van der Waals surface area contributed by atoms with E-state index in [-0.39, 0.29) is 6.42 Å². The van der Waals surface area contributed by atoms with Crippen LogP contribution in [0, 0.1) is 11.6 Å². The van der Waals surface area contributed by atoms with Gasteiger partial charge in [-0.1, -0.05) is 30.3 Å². The average Bonchev–Trinajstić information content (AvgIpc) is 2.42. The van der Waals surface area contributed by atoms with Crippen LogP contribution in [0.3, 0.4) is 0 Å². The van der Waals surface area contributed by atoms with E-state index in [4.69, 9.17) is 10.8 Å². The van der Waals surface area contributed by atoms with Gasteiger partial charge >= 0.3 is 5.97 Å². The highest BCUT2D eigenvalue weighted by atomic mass is 19.2. The summed E-state index contributed by atoms with van der Waals surface area (Å²) in [4.78, 5) is 10.7. The van der Waals surface area contributed by atoms with Gasteiger partial charge < -0.3 is 10.8 Å². The Labute approximate surface area is 114 Å². The molecule has 0 unspecified atom stereocenters. The maximum Gasteiger partial charge on any atom is 0.320 e. The van der Waals surface area contributed by atoms with Gasteiger partial charge in [-0.3, -0.25) is 4.79 Å². The van der Waals surface area contributed by atoms with Crippen LogP contribution in [0.5, 0.6) is 0 Å². The van der Waals surface area contributed by atoms with Crippen LogP contribution in [0.15, 0.2) is 42.5 Å². The number of hydrogen-bond acceptors (Lipinski definition) is 2. The molecule has 0 fully saturated rings. The van der Waals surface area contributed by atoms with E-state index in [1.54, 1.807) is 24.3 Å². The van der Waals surface area contributed by atoms with Crippen LogP contribution in [-0.2, 0) is 11.2 Å². The fourth-order valence-electron chi connectivity index (χ4n) is 1.89. The molecular formula is C15H13F2NO2. The summed E-state index contributed by atoms with van der Waals surface area (Å²) >= 11 is 0. The number of carbonyl (C=O) groups is 1. The quantitative estimate of drug-likeness (QED) is 0.902. The van der Waals surface area contributed by atoms with E-state index in [0.29, 0.717) is 11.1 Å². The van der Waals surface area contributed by atoms with Gasteiger partial charge in [-0.2, -0.15) is 0 Å². The number of aliphatic carboxylic acids is 1. The third-order valence-corrected chi connectivity index (χ3v) is 2.95. The van der Waals surface area contributed by atoms with Gasteiger partial charge in [-0.15, -0.1) is 0 Å². The first-order chi connectivity index (χ1) is 9.47. The van der Waals surface area contributed by atoms with E-state index in [0.717, 1.165) is 17.7 Å². The largest absolute Gasteiger partial charge is 0.480 e. The van der Waals surface area contributed by atoms with E-state index in [2.05, 4.69) is 0 Å². The van der Waals surface area contributed by atoms with Crippen molar-refractivity contribution in [1.29, 1.82) is 0 Å². The zero-order valence-electron chi connectivity index (χ0n) is 10.5. The molecule has 3 N–H and O–H groups in total. The maximum atomic E-state index is 13.2. The molecule has 0 aliphatic heterocycles. The minimum Gasteiger partial charge on any atom is -0.480 e. The molecule has 2 aromatic rings. The van der Waals surface area contributed by atoms with E-state index in [1.807, 2.05) is 0 Å². The second-order valence-electron chi connectivity index (χ2n) is 4.48. The lowest BCUT2D eigenvalue weighted by molar-refractivity contribution is -0.138. The molecular weight excluding hydrogens is 264 g/mol. The summed E-state index contributed by atoms with van der Waals surface area (Å²) in [6, 6.07) is 9.56. The first kappa shape index (κ1) is 14.1. The summed E-state index contributed by atoms with van der Waals surface area (Å²) in [6.07, 6.45) is 0.173. The van der Waals surface area contributed by atoms with E-state index in [9.17, 15) is 13.6 Å². The molecule has 5 heteroatoms. The van der Waals surface area contributed by atoms with Crippen molar-refractivity contribution in [1.82, 2.24) is 0 Å². The summed E-state index contributed by atoms with van der Waals surface area (Å²) in [7, 11) is 0. The third-order valence-electron chi connectivity index (χ3n) is 2.95. The molecule has 0 heterocycles. The Bertz CT molecular complexity index is 644. The first-order valence-electron chi connectivity index (χ1n) is 6.00. The predicted octanol–water partition coefficient (Wildman–Crippen LogP) is 2.59. The molecule has 2 rings (SSSR count). The van der Waals surface area contributed by atoms with Gasteiger partial charge in [-0.25, -0.2) is 8.78 Å². The van der Waals surface area contributed by atoms with Crippen LogP contribution in [0.1, 0.15) is 5.56 Å². The molecule has 1 atom stereocenters. The lowest BCUT2D eigenvalue weighted by Gasteiger charge is -2.09. The molecule has 0 aliphatic carbocycles. The Hall–Kier alpha value is -2.27. The second kappa shape index (κ2) is 5.79. The minimum absolute atomic E-state index is 0.173. The van der Waals surface area contributed by atoms with Gasteiger partial charge in [0.1, 0.15) is 6.04 Å². The Morgan fingerprint density at radius 3 is 2.45 bits per heavy atom. The molecule has 3 nitrogen and oxygen atoms in total. The summed E-state index contributed by atoms with van der Waals surface area (Å²) < 4.78 is 26.1. The Morgan fingerprint density at radius 2 is 1.80 bits per heavy atom. The topological polar surface area (TPSA) is 63.3 Å². The minimum atomic E-state index is -1.08. The zero-order valence-corrected chi connectivity index (χ0v) is 10.5. The molecule has 104 valence electrons. The molecule has 0 bridgehead atoms. The monoisotopic (exact) mass is 277 g/mol. The molecule has 0 radical (unpaired) electrons. The summed E-state index contributed by atoms with van der Waals surface area (Å²) in [5.74, 6) is -2.91. The maximum absolute atomic E-state index is 13.2. The third kappa shape index (κ3) is 3.19. The van der Waals surface area contributed by atoms with Crippen molar-refractivity contribution in [2.24, 2.45) is 5.73 Å². The molecule has 0 saturated heterocycles. The SMILES string of the molecule is N[C@@H](Cc1cccc(-c2ccc(F)c(F)c2)c1)C(=O)O. The molecule has 20 heavy (non-hydrogen) atoms. The number of hydrogen-bond donors (Lipinski definition) is 2. The van der Waals surface area contributed by atoms with Crippen LogP contribution >= 0.6 is 0 Å². The highest BCUT2D eigenvalue weighted by Gasteiger charge is 2.12. The second-order valence-corrected chi connectivity index (χ2v) is 4.48. The van der Waals surface area contributed by atoms with Gasteiger partial charge in [0.25, 0.3) is 0 Å². The van der Waals surface area contributed by atoms with Crippen LogP contribution in [0.2, 0.25) is 0 Å². The fourth-order valence-corrected chi connectivity index (χ4v) is 1.89. The van der Waals surface area contributed by atoms with E-state index >= 15 is 0 Å².